The second kappa shape index (κ2) is 8.83. The third-order valence-corrected chi connectivity index (χ3v) is 6.52. The molecule has 1 atom stereocenters. The van der Waals surface area contributed by atoms with E-state index in [-0.39, 0.29) is 17.9 Å². The Hall–Kier alpha value is -3.68. The van der Waals surface area contributed by atoms with Crippen LogP contribution in [0.4, 0.5) is 10.6 Å². The molecule has 5 rings (SSSR count). The molecule has 1 fully saturated rings. The summed E-state index contributed by atoms with van der Waals surface area (Å²) in [6.07, 6.45) is 5.84. The van der Waals surface area contributed by atoms with Gasteiger partial charge in [0.2, 0.25) is 0 Å². The lowest BCUT2D eigenvalue weighted by Gasteiger charge is -2.37. The van der Waals surface area contributed by atoms with E-state index in [9.17, 15) is 9.59 Å². The average Bonchev–Trinajstić information content (AvgIpc) is 3.14. The molecule has 0 radical (unpaired) electrons. The van der Waals surface area contributed by atoms with Gasteiger partial charge < -0.3 is 19.7 Å². The smallest absolute Gasteiger partial charge is 0.410 e. The molecule has 1 aliphatic heterocycles. The van der Waals surface area contributed by atoms with Gasteiger partial charge in [0.25, 0.3) is 0 Å². The highest BCUT2D eigenvalue weighted by atomic mass is 16.6. The van der Waals surface area contributed by atoms with Gasteiger partial charge in [-0.05, 0) is 63.8 Å². The van der Waals surface area contributed by atoms with E-state index in [1.54, 1.807) is 24.4 Å². The molecule has 8 nitrogen and oxygen atoms in total. The first-order valence-electron chi connectivity index (χ1n) is 12.0. The zero-order chi connectivity index (χ0) is 24.7. The van der Waals surface area contributed by atoms with Crippen LogP contribution in [0, 0.1) is 0 Å². The predicted molar refractivity (Wildman–Crippen MR) is 134 cm³/mol. The van der Waals surface area contributed by atoms with Crippen molar-refractivity contribution in [3.05, 3.63) is 47.8 Å². The number of aromatic nitrogens is 2. The van der Waals surface area contributed by atoms with E-state index in [0.29, 0.717) is 35.8 Å². The standard InChI is InChI=1S/C27H30N4O4/c1-27(2,3)35-26(33)31-12-6-5-7-16(31)14-29-25-23-22(18-10-11-28-15-20(18)24(23)32)19-9-8-17(34-4)13-21(19)30-25/h8-11,13,15-16H,5-7,12,14H2,1-4H3,(H,29,30). The summed E-state index contributed by atoms with van der Waals surface area (Å²) in [7, 11) is 1.62. The molecule has 1 amide bonds. The molecule has 182 valence electrons. The van der Waals surface area contributed by atoms with E-state index >= 15 is 0 Å². The molecule has 2 aliphatic rings. The van der Waals surface area contributed by atoms with Crippen molar-refractivity contribution in [3.8, 4) is 16.9 Å². The van der Waals surface area contributed by atoms with E-state index in [1.165, 1.54) is 0 Å². The molecule has 1 aliphatic carbocycles. The van der Waals surface area contributed by atoms with Gasteiger partial charge in [0, 0.05) is 48.1 Å². The van der Waals surface area contributed by atoms with Crippen molar-refractivity contribution < 1.29 is 19.1 Å². The van der Waals surface area contributed by atoms with Crippen molar-refractivity contribution in [2.75, 3.05) is 25.5 Å². The number of nitrogens with one attached hydrogen (secondary N) is 1. The number of methoxy groups -OCH3 is 1. The predicted octanol–water partition coefficient (Wildman–Crippen LogP) is 5.05. The fourth-order valence-corrected chi connectivity index (χ4v) is 4.92. The molecule has 1 aromatic carbocycles. The first-order chi connectivity index (χ1) is 16.8. The number of rotatable bonds is 4. The summed E-state index contributed by atoms with van der Waals surface area (Å²) in [5, 5.41) is 4.30. The highest BCUT2D eigenvalue weighted by molar-refractivity contribution is 6.27. The summed E-state index contributed by atoms with van der Waals surface area (Å²) >= 11 is 0. The van der Waals surface area contributed by atoms with Gasteiger partial charge in [-0.3, -0.25) is 9.78 Å². The van der Waals surface area contributed by atoms with Gasteiger partial charge in [0.05, 0.1) is 24.2 Å². The summed E-state index contributed by atoms with van der Waals surface area (Å²) < 4.78 is 11.1. The Labute approximate surface area is 204 Å². The Balaban J connectivity index is 1.51. The second-order valence-electron chi connectivity index (χ2n) is 10.0. The molecular weight excluding hydrogens is 444 g/mol. The summed E-state index contributed by atoms with van der Waals surface area (Å²) in [5.74, 6) is 1.11. The first kappa shape index (κ1) is 23.1. The molecule has 1 saturated heterocycles. The Bertz CT molecular complexity index is 1310. The molecule has 1 unspecified atom stereocenters. The highest BCUT2D eigenvalue weighted by Crippen LogP contribution is 2.44. The number of ketones is 1. The van der Waals surface area contributed by atoms with E-state index in [4.69, 9.17) is 14.5 Å². The van der Waals surface area contributed by atoms with Gasteiger partial charge in [0.15, 0.2) is 5.78 Å². The van der Waals surface area contributed by atoms with Crippen LogP contribution in [0.15, 0.2) is 36.7 Å². The van der Waals surface area contributed by atoms with E-state index in [1.807, 2.05) is 45.0 Å². The number of piperidine rings is 1. The van der Waals surface area contributed by atoms with Gasteiger partial charge >= 0.3 is 6.09 Å². The number of carbonyl (C=O) groups is 2. The lowest BCUT2D eigenvalue weighted by Crippen LogP contribution is -2.49. The maximum Gasteiger partial charge on any atom is 0.410 e. The molecule has 0 bridgehead atoms. The number of benzene rings is 1. The molecular formula is C27H30N4O4. The van der Waals surface area contributed by atoms with Crippen LogP contribution in [0.3, 0.4) is 0 Å². The van der Waals surface area contributed by atoms with Gasteiger partial charge in [0.1, 0.15) is 17.2 Å². The molecule has 2 aromatic heterocycles. The quantitative estimate of drug-likeness (QED) is 0.442. The number of ether oxygens (including phenoxy) is 2. The Morgan fingerprint density at radius 2 is 2.00 bits per heavy atom. The van der Waals surface area contributed by atoms with Crippen molar-refractivity contribution in [1.29, 1.82) is 0 Å². The van der Waals surface area contributed by atoms with Crippen LogP contribution in [-0.2, 0) is 4.74 Å². The monoisotopic (exact) mass is 474 g/mol. The van der Waals surface area contributed by atoms with Crippen LogP contribution in [0.5, 0.6) is 5.75 Å². The molecule has 3 heterocycles. The Kier molecular flexibility index (Phi) is 5.83. The van der Waals surface area contributed by atoms with Crippen molar-refractivity contribution in [2.24, 2.45) is 0 Å². The summed E-state index contributed by atoms with van der Waals surface area (Å²) in [4.78, 5) is 37.1. The van der Waals surface area contributed by atoms with Crippen LogP contribution >= 0.6 is 0 Å². The molecule has 0 saturated carbocycles. The summed E-state index contributed by atoms with van der Waals surface area (Å²) in [6, 6.07) is 7.51. The van der Waals surface area contributed by atoms with Gasteiger partial charge in [-0.1, -0.05) is 0 Å². The van der Waals surface area contributed by atoms with Crippen LogP contribution in [0.2, 0.25) is 0 Å². The van der Waals surface area contributed by atoms with Gasteiger partial charge in [-0.15, -0.1) is 0 Å². The highest BCUT2D eigenvalue weighted by Gasteiger charge is 2.34. The van der Waals surface area contributed by atoms with E-state index in [2.05, 4.69) is 10.3 Å². The van der Waals surface area contributed by atoms with Gasteiger partial charge in [-0.25, -0.2) is 9.78 Å². The van der Waals surface area contributed by atoms with Crippen LogP contribution in [0.25, 0.3) is 22.0 Å². The fourth-order valence-electron chi connectivity index (χ4n) is 4.92. The number of anilines is 1. The van der Waals surface area contributed by atoms with Crippen molar-refractivity contribution in [3.63, 3.8) is 0 Å². The van der Waals surface area contributed by atoms with Crippen LogP contribution < -0.4 is 10.1 Å². The second-order valence-corrected chi connectivity index (χ2v) is 10.0. The van der Waals surface area contributed by atoms with Crippen LogP contribution in [-0.4, -0.2) is 58.6 Å². The molecule has 3 aromatic rings. The molecule has 8 heteroatoms. The maximum atomic E-state index is 13.4. The third-order valence-electron chi connectivity index (χ3n) is 6.52. The summed E-state index contributed by atoms with van der Waals surface area (Å²) in [6.45, 7) is 6.73. The van der Waals surface area contributed by atoms with Gasteiger partial charge in [-0.2, -0.15) is 0 Å². The SMILES string of the molecule is COc1ccc2c3c(c(NCC4CCCCN4C(=O)OC(C)(C)C)nc2c1)C(=O)c1cnccc1-3. The van der Waals surface area contributed by atoms with Crippen molar-refractivity contribution in [1.82, 2.24) is 14.9 Å². The largest absolute Gasteiger partial charge is 0.497 e. The third kappa shape index (κ3) is 4.29. The lowest BCUT2D eigenvalue weighted by molar-refractivity contribution is 0.0114. The van der Waals surface area contributed by atoms with Crippen molar-refractivity contribution >= 4 is 28.6 Å². The molecule has 1 N–H and O–H groups in total. The number of nitrogens with zero attached hydrogens (tertiary/aromatic N) is 3. The average molecular weight is 475 g/mol. The zero-order valence-corrected chi connectivity index (χ0v) is 20.6. The number of hydrogen-bond donors (Lipinski definition) is 1. The Morgan fingerprint density at radius 3 is 2.77 bits per heavy atom. The lowest BCUT2D eigenvalue weighted by atomic mass is 10.0. The fraction of sp³-hybridized carbons (Fsp3) is 0.407. The van der Waals surface area contributed by atoms with Crippen molar-refractivity contribution in [2.45, 2.75) is 51.7 Å². The first-order valence-corrected chi connectivity index (χ1v) is 12.0. The number of likely N-dealkylation sites (tertiary alicyclic amines) is 1. The molecule has 0 spiro atoms. The molecule has 35 heavy (non-hydrogen) atoms. The maximum absolute atomic E-state index is 13.4. The van der Waals surface area contributed by atoms with E-state index in [0.717, 1.165) is 41.3 Å². The van der Waals surface area contributed by atoms with Crippen LogP contribution in [0.1, 0.15) is 56.0 Å². The zero-order valence-electron chi connectivity index (χ0n) is 20.6. The minimum absolute atomic E-state index is 0.0578. The number of pyridine rings is 2. The summed E-state index contributed by atoms with van der Waals surface area (Å²) in [5.41, 5.74) is 3.01. The number of carbonyl (C=O) groups excluding carboxylic acids is 2. The van der Waals surface area contributed by atoms with E-state index < -0.39 is 5.60 Å². The number of fused-ring (bicyclic) bond motifs is 5. The minimum Gasteiger partial charge on any atom is -0.497 e. The minimum atomic E-state index is -0.557. The Morgan fingerprint density at radius 1 is 1.17 bits per heavy atom. The number of amides is 1. The topological polar surface area (TPSA) is 93.6 Å². The normalized spacial score (nSPS) is 17.2. The number of hydrogen-bond acceptors (Lipinski definition) is 7.